The van der Waals surface area contributed by atoms with E-state index < -0.39 is 0 Å². The molecule has 2 aromatic heterocycles. The summed E-state index contributed by atoms with van der Waals surface area (Å²) in [5, 5.41) is 3.77. The topological polar surface area (TPSA) is 17.8 Å². The highest BCUT2D eigenvalue weighted by Crippen LogP contribution is 2.36. The van der Waals surface area contributed by atoms with Crippen molar-refractivity contribution >= 4 is 66.0 Å². The van der Waals surface area contributed by atoms with Crippen LogP contribution in [0.3, 0.4) is 0 Å². The maximum absolute atomic E-state index is 4.85. The van der Waals surface area contributed by atoms with Crippen molar-refractivity contribution in [1.82, 2.24) is 9.55 Å². The first-order valence-electron chi connectivity index (χ1n) is 9.32. The van der Waals surface area contributed by atoms with Crippen molar-refractivity contribution in [1.29, 1.82) is 0 Å². The standard InChI is InChI=1S/C23H19IN2S/c1-2-3-12-26-20-10-8-15(23-25-19-6-4-5-7-22(19)27-23)13-17(20)18-14-16(24)9-11-21(18)26/h4-11,13-14H,2-3,12H2,1H3. The molecule has 0 bridgehead atoms. The molecule has 5 rings (SSSR count). The SMILES string of the molecule is CCCCn1c2ccc(I)cc2c2cc(-c3nc4ccccc4s3)ccc21. The molecular formula is C23H19IN2S. The molecule has 3 aromatic carbocycles. The fourth-order valence-corrected chi connectivity index (χ4v) is 5.22. The van der Waals surface area contributed by atoms with E-state index >= 15 is 0 Å². The molecule has 0 atom stereocenters. The fourth-order valence-electron chi connectivity index (χ4n) is 3.76. The maximum atomic E-state index is 4.85. The van der Waals surface area contributed by atoms with Gasteiger partial charge in [-0.1, -0.05) is 25.5 Å². The summed E-state index contributed by atoms with van der Waals surface area (Å²) < 4.78 is 5.00. The Labute approximate surface area is 176 Å². The normalized spacial score (nSPS) is 11.8. The molecule has 27 heavy (non-hydrogen) atoms. The minimum Gasteiger partial charge on any atom is -0.340 e. The molecule has 0 spiro atoms. The van der Waals surface area contributed by atoms with E-state index in [1.807, 2.05) is 0 Å². The van der Waals surface area contributed by atoms with Gasteiger partial charge in [0.2, 0.25) is 0 Å². The van der Waals surface area contributed by atoms with E-state index in [1.165, 1.54) is 48.5 Å². The summed E-state index contributed by atoms with van der Waals surface area (Å²) in [6, 6.07) is 22.0. The van der Waals surface area contributed by atoms with E-state index in [1.54, 1.807) is 11.3 Å². The van der Waals surface area contributed by atoms with Crippen LogP contribution in [-0.2, 0) is 6.54 Å². The molecule has 4 heteroatoms. The second-order valence-electron chi connectivity index (χ2n) is 6.89. The molecule has 2 heterocycles. The monoisotopic (exact) mass is 482 g/mol. The molecule has 0 aliphatic rings. The van der Waals surface area contributed by atoms with Crippen LogP contribution in [0.25, 0.3) is 42.6 Å². The average molecular weight is 482 g/mol. The van der Waals surface area contributed by atoms with Gasteiger partial charge < -0.3 is 4.57 Å². The molecule has 0 N–H and O–H groups in total. The van der Waals surface area contributed by atoms with Gasteiger partial charge in [-0.2, -0.15) is 0 Å². The third kappa shape index (κ3) is 2.95. The van der Waals surface area contributed by atoms with Gasteiger partial charge in [-0.05, 0) is 77.5 Å². The Morgan fingerprint density at radius 1 is 0.963 bits per heavy atom. The Kier molecular flexibility index (Phi) is 4.40. The molecule has 5 aromatic rings. The number of aromatic nitrogens is 2. The quantitative estimate of drug-likeness (QED) is 0.243. The third-order valence-electron chi connectivity index (χ3n) is 5.10. The average Bonchev–Trinajstić information content (AvgIpc) is 3.25. The molecule has 2 nitrogen and oxygen atoms in total. The van der Waals surface area contributed by atoms with E-state index in [2.05, 4.69) is 94.7 Å². The van der Waals surface area contributed by atoms with Gasteiger partial charge in [0.25, 0.3) is 0 Å². The van der Waals surface area contributed by atoms with Crippen molar-refractivity contribution in [2.45, 2.75) is 26.3 Å². The lowest BCUT2D eigenvalue weighted by atomic mass is 10.1. The summed E-state index contributed by atoms with van der Waals surface area (Å²) in [6.45, 7) is 3.32. The van der Waals surface area contributed by atoms with Gasteiger partial charge >= 0.3 is 0 Å². The minimum absolute atomic E-state index is 1.07. The Hall–Kier alpha value is -1.92. The van der Waals surface area contributed by atoms with E-state index in [0.29, 0.717) is 0 Å². The number of nitrogens with zero attached hydrogens (tertiary/aromatic N) is 2. The molecular weight excluding hydrogens is 463 g/mol. The van der Waals surface area contributed by atoms with E-state index in [-0.39, 0.29) is 0 Å². The van der Waals surface area contributed by atoms with E-state index in [9.17, 15) is 0 Å². The zero-order valence-corrected chi connectivity index (χ0v) is 18.0. The maximum Gasteiger partial charge on any atom is 0.124 e. The Bertz CT molecular complexity index is 1250. The molecule has 0 unspecified atom stereocenters. The van der Waals surface area contributed by atoms with Crippen LogP contribution in [0.1, 0.15) is 19.8 Å². The summed E-state index contributed by atoms with van der Waals surface area (Å²) in [5.41, 5.74) is 4.94. The zero-order chi connectivity index (χ0) is 18.4. The number of para-hydroxylation sites is 1. The van der Waals surface area contributed by atoms with Crippen LogP contribution in [0.2, 0.25) is 0 Å². The number of thiazole rings is 1. The van der Waals surface area contributed by atoms with E-state index in [0.717, 1.165) is 17.1 Å². The van der Waals surface area contributed by atoms with Crippen LogP contribution < -0.4 is 0 Å². The third-order valence-corrected chi connectivity index (χ3v) is 6.86. The molecule has 0 fully saturated rings. The second kappa shape index (κ2) is 6.91. The lowest BCUT2D eigenvalue weighted by molar-refractivity contribution is 0.665. The summed E-state index contributed by atoms with van der Waals surface area (Å²) in [4.78, 5) is 4.85. The fraction of sp³-hybridized carbons (Fsp3) is 0.174. The molecule has 0 saturated carbocycles. The lowest BCUT2D eigenvalue weighted by Gasteiger charge is -2.06. The van der Waals surface area contributed by atoms with Crippen LogP contribution >= 0.6 is 33.9 Å². The highest BCUT2D eigenvalue weighted by molar-refractivity contribution is 14.1. The lowest BCUT2D eigenvalue weighted by Crippen LogP contribution is -1.96. The molecule has 134 valence electrons. The highest BCUT2D eigenvalue weighted by Gasteiger charge is 2.13. The zero-order valence-electron chi connectivity index (χ0n) is 15.1. The number of aryl methyl sites for hydroxylation is 1. The van der Waals surface area contributed by atoms with Gasteiger partial charge in [-0.15, -0.1) is 11.3 Å². The first-order chi connectivity index (χ1) is 13.2. The summed E-state index contributed by atoms with van der Waals surface area (Å²) in [7, 11) is 0. The first-order valence-corrected chi connectivity index (χ1v) is 11.2. The largest absolute Gasteiger partial charge is 0.340 e. The summed E-state index contributed by atoms with van der Waals surface area (Å²) in [6.07, 6.45) is 2.40. The van der Waals surface area contributed by atoms with Gasteiger partial charge in [0.05, 0.1) is 10.2 Å². The Morgan fingerprint density at radius 2 is 1.74 bits per heavy atom. The van der Waals surface area contributed by atoms with E-state index in [4.69, 9.17) is 4.98 Å². The molecule has 0 aliphatic heterocycles. The van der Waals surface area contributed by atoms with Crippen LogP contribution in [0, 0.1) is 3.57 Å². The highest BCUT2D eigenvalue weighted by atomic mass is 127. The van der Waals surface area contributed by atoms with Crippen molar-refractivity contribution in [3.63, 3.8) is 0 Å². The number of hydrogen-bond donors (Lipinski definition) is 0. The minimum atomic E-state index is 1.07. The Balaban J connectivity index is 1.74. The summed E-state index contributed by atoms with van der Waals surface area (Å²) in [5.74, 6) is 0. The van der Waals surface area contributed by atoms with Gasteiger partial charge in [0.1, 0.15) is 5.01 Å². The molecule has 0 aliphatic carbocycles. The smallest absolute Gasteiger partial charge is 0.124 e. The van der Waals surface area contributed by atoms with Crippen LogP contribution in [0.5, 0.6) is 0 Å². The van der Waals surface area contributed by atoms with Crippen molar-refractivity contribution in [3.8, 4) is 10.6 Å². The first kappa shape index (κ1) is 17.2. The van der Waals surface area contributed by atoms with Gasteiger partial charge in [0.15, 0.2) is 0 Å². The van der Waals surface area contributed by atoms with Crippen LogP contribution in [-0.4, -0.2) is 9.55 Å². The number of rotatable bonds is 4. The van der Waals surface area contributed by atoms with Gasteiger partial charge in [-0.3, -0.25) is 0 Å². The van der Waals surface area contributed by atoms with Crippen LogP contribution in [0.4, 0.5) is 0 Å². The van der Waals surface area contributed by atoms with Crippen molar-refractivity contribution < 1.29 is 0 Å². The molecule has 0 saturated heterocycles. The number of unbranched alkanes of at least 4 members (excludes halogenated alkanes) is 1. The van der Waals surface area contributed by atoms with Gasteiger partial charge in [0, 0.05) is 37.5 Å². The predicted molar refractivity (Wildman–Crippen MR) is 126 cm³/mol. The number of fused-ring (bicyclic) bond motifs is 4. The predicted octanol–water partition coefficient (Wildman–Crippen LogP) is 7.48. The van der Waals surface area contributed by atoms with Crippen LogP contribution in [0.15, 0.2) is 60.7 Å². The number of halogens is 1. The molecule has 0 amide bonds. The number of benzene rings is 3. The van der Waals surface area contributed by atoms with Crippen molar-refractivity contribution in [2.75, 3.05) is 0 Å². The van der Waals surface area contributed by atoms with Crippen molar-refractivity contribution in [3.05, 3.63) is 64.2 Å². The second-order valence-corrected chi connectivity index (χ2v) is 9.16. The molecule has 0 radical (unpaired) electrons. The summed E-state index contributed by atoms with van der Waals surface area (Å²) >= 11 is 4.18. The number of hydrogen-bond acceptors (Lipinski definition) is 2. The Morgan fingerprint density at radius 3 is 2.56 bits per heavy atom. The van der Waals surface area contributed by atoms with Gasteiger partial charge in [-0.25, -0.2) is 4.98 Å². The van der Waals surface area contributed by atoms with Crippen molar-refractivity contribution in [2.24, 2.45) is 0 Å².